The topological polar surface area (TPSA) is 137 Å². The van der Waals surface area contributed by atoms with Crippen molar-refractivity contribution in [3.8, 4) is 0 Å². The summed E-state index contributed by atoms with van der Waals surface area (Å²) in [5.41, 5.74) is 5.02. The van der Waals surface area contributed by atoms with Gasteiger partial charge in [-0.1, -0.05) is 128 Å². The largest absolute Gasteiger partial charge is 0.444 e. The Morgan fingerprint density at radius 2 is 1.28 bits per heavy atom. The number of alkyl carbamates (subject to hydrolysis) is 1. The molecule has 17 heteroatoms. The van der Waals surface area contributed by atoms with Crippen LogP contribution in [0.25, 0.3) is 32.3 Å². The highest BCUT2D eigenvalue weighted by Gasteiger charge is 2.23. The van der Waals surface area contributed by atoms with Crippen LogP contribution in [-0.4, -0.2) is 35.1 Å². The molecule has 0 bridgehead atoms. The number of aromatic nitrogens is 3. The fraction of sp³-hybridized carbons (Fsp3) is 0.167. The lowest BCUT2D eigenvalue weighted by atomic mass is 10.1. The Labute approximate surface area is 416 Å². The third kappa shape index (κ3) is 14.8. The number of sulfone groups is 1. The van der Waals surface area contributed by atoms with Crippen LogP contribution in [0.2, 0.25) is 0 Å². The van der Waals surface area contributed by atoms with E-state index < -0.39 is 21.5 Å². The number of nitrogens with zero attached hydrogens (tertiary/aromatic N) is 3. The molecule has 0 aliphatic heterocycles. The number of ether oxygens (including phenoxy) is 1. The maximum Gasteiger partial charge on any atom is 0.408 e. The average molecular weight is 1070 g/mol. The number of thiol groups is 1. The van der Waals surface area contributed by atoms with Crippen molar-refractivity contribution >= 4 is 135 Å². The quantitative estimate of drug-likeness (QED) is 0.127. The van der Waals surface area contributed by atoms with Crippen LogP contribution < -0.4 is 11.1 Å². The van der Waals surface area contributed by atoms with E-state index in [1.807, 2.05) is 93.3 Å². The van der Waals surface area contributed by atoms with Crippen LogP contribution in [0.3, 0.4) is 0 Å². The zero-order valence-electron chi connectivity index (χ0n) is 35.8. The molecule has 9 aromatic rings. The van der Waals surface area contributed by atoms with Gasteiger partial charge < -0.3 is 15.8 Å². The summed E-state index contributed by atoms with van der Waals surface area (Å²) in [6, 6.07) is 42.0. The Kier molecular flexibility index (Phi) is 19.4. The molecule has 0 unspecified atom stereocenters. The fourth-order valence-electron chi connectivity index (χ4n) is 5.99. The van der Waals surface area contributed by atoms with E-state index in [1.54, 1.807) is 29.7 Å². The van der Waals surface area contributed by atoms with Gasteiger partial charge in [-0.05, 0) is 88.3 Å². The summed E-state index contributed by atoms with van der Waals surface area (Å²) >= 11 is 13.8. The molecule has 0 fully saturated rings. The Hall–Kier alpha value is -4.36. The Bertz CT molecular complexity index is 3060. The van der Waals surface area contributed by atoms with Gasteiger partial charge in [-0.15, -0.1) is 59.0 Å². The maximum absolute atomic E-state index is 12.7. The third-order valence-electron chi connectivity index (χ3n) is 8.88. The Morgan fingerprint density at radius 3 is 1.86 bits per heavy atom. The van der Waals surface area contributed by atoms with Crippen LogP contribution >= 0.6 is 86.7 Å². The molecule has 0 saturated carbocycles. The molecular weight excluding hydrogens is 1020 g/mol. The highest BCUT2D eigenvalue weighted by molar-refractivity contribution is 9.11. The number of aryl methyl sites for hydroxylation is 1. The van der Waals surface area contributed by atoms with E-state index in [0.29, 0.717) is 16.4 Å². The smallest absolute Gasteiger partial charge is 0.408 e. The van der Waals surface area contributed by atoms with Gasteiger partial charge in [0.1, 0.15) is 19.8 Å². The SMILES string of the molecule is CC(C)(C)OC(=O)NCc1ncc(Br)s1.CCc1ncc(Sc2cccc3ccccc23)s1.Cl.NCc1ncc(S(=O)(=O)c2cccc3ccccc23)s1.Sc1cccc2ccccc12. The van der Waals surface area contributed by atoms with Gasteiger partial charge in [-0.25, -0.2) is 28.2 Å². The molecule has 0 radical (unpaired) electrons. The van der Waals surface area contributed by atoms with Crippen molar-refractivity contribution in [2.24, 2.45) is 5.73 Å². The van der Waals surface area contributed by atoms with E-state index in [1.165, 1.54) is 53.2 Å². The second-order valence-corrected chi connectivity index (χ2v) is 23.4. The molecule has 1 amide bonds. The van der Waals surface area contributed by atoms with Crippen LogP contribution in [-0.2, 0) is 34.1 Å². The highest BCUT2D eigenvalue weighted by Crippen LogP contribution is 2.36. The zero-order chi connectivity index (χ0) is 45.7. The summed E-state index contributed by atoms with van der Waals surface area (Å²) in [6.45, 7) is 8.26. The minimum atomic E-state index is -3.55. The normalized spacial score (nSPS) is 11.0. The lowest BCUT2D eigenvalue weighted by Crippen LogP contribution is -2.32. The van der Waals surface area contributed by atoms with Crippen molar-refractivity contribution < 1.29 is 17.9 Å². The van der Waals surface area contributed by atoms with Crippen molar-refractivity contribution in [2.75, 3.05) is 0 Å². The van der Waals surface area contributed by atoms with Crippen molar-refractivity contribution in [2.45, 2.75) is 75.9 Å². The summed E-state index contributed by atoms with van der Waals surface area (Å²) in [7, 11) is -3.55. The molecule has 338 valence electrons. The average Bonchev–Trinajstić information content (AvgIpc) is 4.08. The van der Waals surface area contributed by atoms with Crippen LogP contribution in [0.5, 0.6) is 0 Å². The van der Waals surface area contributed by atoms with E-state index in [2.05, 4.69) is 116 Å². The van der Waals surface area contributed by atoms with Gasteiger partial charge in [-0.3, -0.25) is 0 Å². The van der Waals surface area contributed by atoms with Gasteiger partial charge in [0.15, 0.2) is 0 Å². The summed E-state index contributed by atoms with van der Waals surface area (Å²) < 4.78 is 32.9. The fourth-order valence-corrected chi connectivity index (χ4v) is 12.3. The van der Waals surface area contributed by atoms with E-state index in [4.69, 9.17) is 10.5 Å². The number of hydrogen-bond donors (Lipinski definition) is 3. The van der Waals surface area contributed by atoms with E-state index in [0.717, 1.165) is 42.2 Å². The first kappa shape index (κ1) is 51.6. The molecule has 6 aromatic carbocycles. The zero-order valence-corrected chi connectivity index (χ0v) is 43.2. The van der Waals surface area contributed by atoms with Gasteiger partial charge in [0.25, 0.3) is 0 Å². The first-order valence-electron chi connectivity index (χ1n) is 20.0. The maximum atomic E-state index is 12.7. The molecule has 3 N–H and O–H groups in total. The van der Waals surface area contributed by atoms with Crippen LogP contribution in [0.4, 0.5) is 4.79 Å². The predicted molar refractivity (Wildman–Crippen MR) is 280 cm³/mol. The van der Waals surface area contributed by atoms with E-state index in [9.17, 15) is 13.2 Å². The van der Waals surface area contributed by atoms with Gasteiger partial charge in [-0.2, -0.15) is 0 Å². The van der Waals surface area contributed by atoms with Crippen molar-refractivity contribution in [3.05, 3.63) is 165 Å². The number of carbonyl (C=O) groups is 1. The summed E-state index contributed by atoms with van der Waals surface area (Å²) in [4.78, 5) is 26.4. The molecule has 9 rings (SSSR count). The van der Waals surface area contributed by atoms with Crippen LogP contribution in [0, 0.1) is 0 Å². The third-order valence-corrected chi connectivity index (χ3v) is 16.4. The molecule has 0 saturated heterocycles. The van der Waals surface area contributed by atoms with Crippen molar-refractivity contribution in [1.29, 1.82) is 0 Å². The number of carbonyl (C=O) groups excluding carboxylic acids is 1. The number of benzene rings is 6. The van der Waals surface area contributed by atoms with E-state index >= 15 is 0 Å². The first-order valence-corrected chi connectivity index (χ1v) is 25.9. The van der Waals surface area contributed by atoms with Gasteiger partial charge in [0.05, 0.1) is 43.0 Å². The Morgan fingerprint density at radius 1 is 0.723 bits per heavy atom. The van der Waals surface area contributed by atoms with Crippen molar-refractivity contribution in [1.82, 2.24) is 20.3 Å². The molecule has 3 aromatic heterocycles. The molecule has 0 aliphatic rings. The number of thiazole rings is 3. The monoisotopic (exact) mass is 1060 g/mol. The number of fused-ring (bicyclic) bond motifs is 3. The standard InChI is InChI=1S/C15H13NS2.C14H12N2O2S2.C10H8S.C9H13BrN2O2S.ClH/c1-2-14-16-10-15(18-14)17-13-9-5-7-11-6-3-4-8-12(11)13;15-8-13-16-9-14(19-13)20(17,18)12-7-3-5-10-4-1-2-6-11(10)12;11-10-7-3-5-8-4-1-2-6-9(8)10;1-9(2,3)14-8(13)12-5-7-11-4-6(10)15-7;/h3-10H,2H2,1H3;1-7,9H,8,15H2;1-7,11H;4H,5H2,1-3H3,(H,12,13);1H. The minimum Gasteiger partial charge on any atom is -0.444 e. The lowest BCUT2D eigenvalue weighted by Gasteiger charge is -2.19. The van der Waals surface area contributed by atoms with Gasteiger partial charge in [0.2, 0.25) is 9.84 Å². The molecule has 3 heterocycles. The van der Waals surface area contributed by atoms with Gasteiger partial charge >= 0.3 is 6.09 Å². The highest BCUT2D eigenvalue weighted by atomic mass is 79.9. The molecular formula is C48H47BrClN5O4S6. The second-order valence-electron chi connectivity index (χ2n) is 14.7. The summed E-state index contributed by atoms with van der Waals surface area (Å²) in [5.74, 6) is 0. The molecule has 0 aliphatic carbocycles. The second kappa shape index (κ2) is 24.4. The number of nitrogens with one attached hydrogen (secondary N) is 1. The molecule has 65 heavy (non-hydrogen) atoms. The van der Waals surface area contributed by atoms with Crippen molar-refractivity contribution in [3.63, 3.8) is 0 Å². The number of nitrogens with two attached hydrogens (primary N) is 1. The van der Waals surface area contributed by atoms with E-state index in [-0.39, 0.29) is 23.2 Å². The first-order chi connectivity index (χ1) is 30.7. The minimum absolute atomic E-state index is 0. The number of hydrogen-bond acceptors (Lipinski definition) is 13. The van der Waals surface area contributed by atoms with Crippen LogP contribution in [0.15, 0.2) is 173 Å². The Balaban J connectivity index is 0.000000165. The molecule has 0 spiro atoms. The number of halogens is 2. The summed E-state index contributed by atoms with van der Waals surface area (Å²) in [6.07, 6.45) is 5.66. The molecule has 0 atom stereocenters. The number of rotatable bonds is 8. The van der Waals surface area contributed by atoms with Crippen LogP contribution in [0.1, 0.15) is 42.7 Å². The van der Waals surface area contributed by atoms with Gasteiger partial charge in [0, 0.05) is 21.7 Å². The summed E-state index contributed by atoms with van der Waals surface area (Å²) in [5, 5.41) is 12.0. The molecule has 9 nitrogen and oxygen atoms in total. The number of amides is 1. The lowest BCUT2D eigenvalue weighted by molar-refractivity contribution is 0.0523. The predicted octanol–water partition coefficient (Wildman–Crippen LogP) is 14.1.